The summed E-state index contributed by atoms with van der Waals surface area (Å²) < 4.78 is 39.0. The van der Waals surface area contributed by atoms with E-state index >= 15 is 0 Å². The average Bonchev–Trinajstić information content (AvgIpc) is 3.16. The molecule has 0 aromatic heterocycles. The Morgan fingerprint density at radius 1 is 1.10 bits per heavy atom. The number of hydrogen-bond donors (Lipinski definition) is 1. The standard InChI is InChI=1S/C23H30N2O5S/c1-23(2,3)17-7-9-18(10-8-17)30-15-13-24-31(27,28)19-11-12-21(29-4)20(16-19)25-14-5-6-22(25)26/h7-12,16,24H,5-6,13-15H2,1-4H3. The van der Waals surface area contributed by atoms with E-state index in [9.17, 15) is 13.2 Å². The highest BCUT2D eigenvalue weighted by molar-refractivity contribution is 7.89. The van der Waals surface area contributed by atoms with Crippen LogP contribution in [0, 0.1) is 0 Å². The first-order valence-electron chi connectivity index (χ1n) is 10.3. The van der Waals surface area contributed by atoms with Crippen molar-refractivity contribution < 1.29 is 22.7 Å². The minimum Gasteiger partial charge on any atom is -0.495 e. The van der Waals surface area contributed by atoms with Gasteiger partial charge in [0.2, 0.25) is 15.9 Å². The summed E-state index contributed by atoms with van der Waals surface area (Å²) in [6, 6.07) is 12.3. The van der Waals surface area contributed by atoms with E-state index in [0.717, 1.165) is 6.42 Å². The average molecular weight is 447 g/mol. The molecule has 1 N–H and O–H groups in total. The molecule has 8 heteroatoms. The summed E-state index contributed by atoms with van der Waals surface area (Å²) in [6.45, 7) is 7.29. The molecule has 0 unspecified atom stereocenters. The number of benzene rings is 2. The summed E-state index contributed by atoms with van der Waals surface area (Å²) >= 11 is 0. The van der Waals surface area contributed by atoms with E-state index in [2.05, 4.69) is 25.5 Å². The Morgan fingerprint density at radius 3 is 2.39 bits per heavy atom. The van der Waals surface area contributed by atoms with Crippen LogP contribution < -0.4 is 19.1 Å². The maximum Gasteiger partial charge on any atom is 0.240 e. The van der Waals surface area contributed by atoms with Gasteiger partial charge in [0.05, 0.1) is 17.7 Å². The molecule has 0 saturated carbocycles. The summed E-state index contributed by atoms with van der Waals surface area (Å²) in [6.07, 6.45) is 1.19. The molecule has 3 rings (SSSR count). The lowest BCUT2D eigenvalue weighted by atomic mass is 9.87. The number of nitrogens with zero attached hydrogens (tertiary/aromatic N) is 1. The van der Waals surface area contributed by atoms with Crippen molar-refractivity contribution >= 4 is 21.6 Å². The van der Waals surface area contributed by atoms with Gasteiger partial charge < -0.3 is 14.4 Å². The van der Waals surface area contributed by atoms with Crippen molar-refractivity contribution in [3.63, 3.8) is 0 Å². The van der Waals surface area contributed by atoms with Crippen molar-refractivity contribution in [3.8, 4) is 11.5 Å². The molecular weight excluding hydrogens is 416 g/mol. The smallest absolute Gasteiger partial charge is 0.240 e. The van der Waals surface area contributed by atoms with Gasteiger partial charge in [-0.05, 0) is 47.7 Å². The van der Waals surface area contributed by atoms with Crippen molar-refractivity contribution in [1.82, 2.24) is 4.72 Å². The predicted molar refractivity (Wildman–Crippen MR) is 120 cm³/mol. The Kier molecular flexibility index (Phi) is 6.91. The highest BCUT2D eigenvalue weighted by atomic mass is 32.2. The second-order valence-corrected chi connectivity index (χ2v) is 10.3. The fraction of sp³-hybridized carbons (Fsp3) is 0.435. The van der Waals surface area contributed by atoms with Crippen LogP contribution in [0.2, 0.25) is 0 Å². The molecule has 1 aliphatic rings. The Labute approximate surface area is 184 Å². The van der Waals surface area contributed by atoms with Gasteiger partial charge in [0.25, 0.3) is 0 Å². The third-order valence-electron chi connectivity index (χ3n) is 5.21. The minimum absolute atomic E-state index is 0.0355. The van der Waals surface area contributed by atoms with Gasteiger partial charge in [-0.15, -0.1) is 0 Å². The molecule has 0 bridgehead atoms. The zero-order valence-electron chi connectivity index (χ0n) is 18.5. The van der Waals surface area contributed by atoms with Crippen LogP contribution in [0.1, 0.15) is 39.2 Å². The topological polar surface area (TPSA) is 84.9 Å². The van der Waals surface area contributed by atoms with Crippen LogP contribution >= 0.6 is 0 Å². The van der Waals surface area contributed by atoms with Crippen LogP contribution in [0.4, 0.5) is 5.69 Å². The van der Waals surface area contributed by atoms with Crippen molar-refractivity contribution in [2.24, 2.45) is 0 Å². The van der Waals surface area contributed by atoms with E-state index in [1.54, 1.807) is 11.0 Å². The number of hydrogen-bond acceptors (Lipinski definition) is 5. The quantitative estimate of drug-likeness (QED) is 0.628. The molecule has 7 nitrogen and oxygen atoms in total. The number of nitrogens with one attached hydrogen (secondary N) is 1. The Hall–Kier alpha value is -2.58. The highest BCUT2D eigenvalue weighted by Crippen LogP contribution is 2.33. The van der Waals surface area contributed by atoms with Gasteiger partial charge in [-0.25, -0.2) is 13.1 Å². The number of carbonyl (C=O) groups excluding carboxylic acids is 1. The zero-order valence-corrected chi connectivity index (χ0v) is 19.3. The van der Waals surface area contributed by atoms with Crippen molar-refractivity contribution in [3.05, 3.63) is 48.0 Å². The van der Waals surface area contributed by atoms with Gasteiger partial charge in [-0.3, -0.25) is 4.79 Å². The van der Waals surface area contributed by atoms with E-state index in [1.807, 2.05) is 24.3 Å². The van der Waals surface area contributed by atoms with E-state index < -0.39 is 10.0 Å². The predicted octanol–water partition coefficient (Wildman–Crippen LogP) is 3.48. The van der Waals surface area contributed by atoms with Gasteiger partial charge in [0.15, 0.2) is 0 Å². The van der Waals surface area contributed by atoms with Crippen molar-refractivity contribution in [2.75, 3.05) is 31.7 Å². The Bertz CT molecular complexity index is 1030. The first kappa shape index (κ1) is 23.1. The van der Waals surface area contributed by atoms with Gasteiger partial charge >= 0.3 is 0 Å². The van der Waals surface area contributed by atoms with Gasteiger partial charge in [0.1, 0.15) is 18.1 Å². The first-order valence-corrected chi connectivity index (χ1v) is 11.8. The second kappa shape index (κ2) is 9.28. The Morgan fingerprint density at radius 2 is 1.81 bits per heavy atom. The van der Waals surface area contributed by atoms with E-state index in [1.165, 1.54) is 24.8 Å². The van der Waals surface area contributed by atoms with E-state index in [0.29, 0.717) is 30.2 Å². The molecule has 1 heterocycles. The van der Waals surface area contributed by atoms with Crippen LogP contribution in [0.5, 0.6) is 11.5 Å². The second-order valence-electron chi connectivity index (χ2n) is 8.50. The van der Waals surface area contributed by atoms with Gasteiger partial charge in [0, 0.05) is 19.5 Å². The lowest BCUT2D eigenvalue weighted by Gasteiger charge is -2.20. The van der Waals surface area contributed by atoms with Crippen LogP contribution in [-0.2, 0) is 20.2 Å². The molecule has 0 radical (unpaired) electrons. The Balaban J connectivity index is 1.62. The molecule has 1 saturated heterocycles. The van der Waals surface area contributed by atoms with Crippen LogP contribution in [0.15, 0.2) is 47.4 Å². The van der Waals surface area contributed by atoms with Crippen molar-refractivity contribution in [1.29, 1.82) is 0 Å². The summed E-state index contributed by atoms with van der Waals surface area (Å²) in [7, 11) is -2.26. The van der Waals surface area contributed by atoms with Crippen LogP contribution in [0.3, 0.4) is 0 Å². The number of rotatable bonds is 8. The van der Waals surface area contributed by atoms with Crippen molar-refractivity contribution in [2.45, 2.75) is 43.9 Å². The van der Waals surface area contributed by atoms with E-state index in [4.69, 9.17) is 9.47 Å². The lowest BCUT2D eigenvalue weighted by molar-refractivity contribution is -0.117. The highest BCUT2D eigenvalue weighted by Gasteiger charge is 2.26. The largest absolute Gasteiger partial charge is 0.495 e. The normalized spacial score (nSPS) is 14.7. The van der Waals surface area contributed by atoms with Crippen LogP contribution in [0.25, 0.3) is 0 Å². The maximum atomic E-state index is 12.7. The SMILES string of the molecule is COc1ccc(S(=O)(=O)NCCOc2ccc(C(C)(C)C)cc2)cc1N1CCCC1=O. The molecule has 168 valence electrons. The van der Waals surface area contributed by atoms with Gasteiger partial charge in [-0.2, -0.15) is 0 Å². The lowest BCUT2D eigenvalue weighted by Crippen LogP contribution is -2.29. The summed E-state index contributed by atoms with van der Waals surface area (Å²) in [5.41, 5.74) is 1.74. The monoisotopic (exact) mass is 446 g/mol. The number of ether oxygens (including phenoxy) is 2. The third kappa shape index (κ3) is 5.57. The number of anilines is 1. The molecule has 0 aliphatic carbocycles. The molecule has 31 heavy (non-hydrogen) atoms. The van der Waals surface area contributed by atoms with Gasteiger partial charge in [-0.1, -0.05) is 32.9 Å². The molecule has 0 atom stereocenters. The number of carbonyl (C=O) groups is 1. The molecular formula is C23H30N2O5S. The van der Waals surface area contributed by atoms with Crippen LogP contribution in [-0.4, -0.2) is 41.1 Å². The molecule has 1 fully saturated rings. The molecule has 0 spiro atoms. The molecule has 2 aromatic rings. The molecule has 2 aromatic carbocycles. The summed E-state index contributed by atoms with van der Waals surface area (Å²) in [4.78, 5) is 13.8. The number of amides is 1. The number of sulfonamides is 1. The fourth-order valence-electron chi connectivity index (χ4n) is 3.43. The van der Waals surface area contributed by atoms with E-state index in [-0.39, 0.29) is 29.4 Å². The fourth-order valence-corrected chi connectivity index (χ4v) is 4.46. The maximum absolute atomic E-state index is 12.7. The first-order chi connectivity index (χ1) is 14.6. The minimum atomic E-state index is -3.76. The molecule has 1 amide bonds. The summed E-state index contributed by atoms with van der Waals surface area (Å²) in [5.74, 6) is 1.12. The third-order valence-corrected chi connectivity index (χ3v) is 6.67. The summed E-state index contributed by atoms with van der Waals surface area (Å²) in [5, 5.41) is 0. The molecule has 1 aliphatic heterocycles. The number of methoxy groups -OCH3 is 1. The zero-order chi connectivity index (χ0) is 22.6.